The summed E-state index contributed by atoms with van der Waals surface area (Å²) in [5.74, 6) is 0. The summed E-state index contributed by atoms with van der Waals surface area (Å²) in [6.45, 7) is 6.07. The van der Waals surface area contributed by atoms with E-state index in [0.29, 0.717) is 0 Å². The van der Waals surface area contributed by atoms with Crippen LogP contribution in [0.4, 0.5) is 0 Å². The van der Waals surface area contributed by atoms with Crippen LogP contribution in [0.15, 0.2) is 0 Å². The molecule has 0 N–H and O–H groups in total. The molecule has 0 bridgehead atoms. The van der Waals surface area contributed by atoms with E-state index < -0.39 is 0 Å². The van der Waals surface area contributed by atoms with E-state index in [1.165, 1.54) is 12.8 Å². The first-order chi connectivity index (χ1) is 6.35. The van der Waals surface area contributed by atoms with Gasteiger partial charge in [-0.05, 0) is 18.9 Å². The van der Waals surface area contributed by atoms with Crippen LogP contribution in [-0.2, 0) is 9.47 Å². The number of unbranched alkanes of at least 4 members (excludes halogenated alkanes) is 2. The number of halogens is 2. The maximum absolute atomic E-state index is 5.59. The van der Waals surface area contributed by atoms with Gasteiger partial charge in [0.05, 0.1) is 0 Å². The Morgan fingerprint density at radius 1 is 0.938 bits per heavy atom. The fourth-order valence-electron chi connectivity index (χ4n) is 1.00. The third-order valence-electron chi connectivity index (χ3n) is 1.94. The number of hydrogen-bond donors (Lipinski definition) is 0. The van der Waals surface area contributed by atoms with Crippen LogP contribution in [0.1, 0.15) is 39.5 Å². The second-order valence-corrected chi connectivity index (χ2v) is 4.10. The van der Waals surface area contributed by atoms with Gasteiger partial charge in [0.1, 0.15) is 0 Å². The van der Waals surface area contributed by atoms with Crippen LogP contribution in [0.3, 0.4) is 0 Å². The molecule has 0 aliphatic rings. The SMILES string of the molecule is CCCCOC(C[SiH3])OCCCC.[Cl-].[Cl-].[Mg+2]. The molecular formula is C10H24Cl2MgO2Si. The predicted octanol–water partition coefficient (Wildman–Crippen LogP) is -4.64. The van der Waals surface area contributed by atoms with Crippen molar-refractivity contribution in [2.24, 2.45) is 0 Å². The third kappa shape index (κ3) is 17.9. The Morgan fingerprint density at radius 2 is 1.31 bits per heavy atom. The first-order valence-electron chi connectivity index (χ1n) is 5.58. The van der Waals surface area contributed by atoms with Crippen molar-refractivity contribution in [2.75, 3.05) is 13.2 Å². The molecule has 0 fully saturated rings. The van der Waals surface area contributed by atoms with Crippen molar-refractivity contribution in [1.82, 2.24) is 0 Å². The van der Waals surface area contributed by atoms with E-state index in [0.717, 1.165) is 42.3 Å². The van der Waals surface area contributed by atoms with E-state index in [4.69, 9.17) is 9.47 Å². The minimum absolute atomic E-state index is 0. The van der Waals surface area contributed by atoms with Gasteiger partial charge in [0, 0.05) is 23.5 Å². The number of ether oxygens (including phenoxy) is 2. The van der Waals surface area contributed by atoms with Crippen LogP contribution in [0.25, 0.3) is 0 Å². The van der Waals surface area contributed by atoms with E-state index >= 15 is 0 Å². The van der Waals surface area contributed by atoms with Gasteiger partial charge in [-0.3, -0.25) is 0 Å². The summed E-state index contributed by atoms with van der Waals surface area (Å²) in [6.07, 6.45) is 4.78. The van der Waals surface area contributed by atoms with E-state index in [1.54, 1.807) is 0 Å². The van der Waals surface area contributed by atoms with Gasteiger partial charge in [0.2, 0.25) is 0 Å². The normalized spacial score (nSPS) is 9.19. The summed E-state index contributed by atoms with van der Waals surface area (Å²) in [6, 6.07) is 1.09. The van der Waals surface area contributed by atoms with Crippen molar-refractivity contribution >= 4 is 33.3 Å². The molecule has 0 saturated carbocycles. The molecule has 2 nitrogen and oxygen atoms in total. The molecule has 0 amide bonds. The monoisotopic (exact) mass is 298 g/mol. The molecule has 0 atom stereocenters. The van der Waals surface area contributed by atoms with Crippen molar-refractivity contribution < 1.29 is 34.3 Å². The van der Waals surface area contributed by atoms with E-state index in [-0.39, 0.29) is 54.2 Å². The maximum Gasteiger partial charge on any atom is 2.00 e. The third-order valence-corrected chi connectivity index (χ3v) is 2.60. The second kappa shape index (κ2) is 21.7. The van der Waals surface area contributed by atoms with Gasteiger partial charge < -0.3 is 34.3 Å². The molecule has 0 aliphatic heterocycles. The Hall–Kier alpha value is 1.48. The molecule has 0 aromatic carbocycles. The average molecular weight is 300 g/mol. The first-order valence-corrected chi connectivity index (χ1v) is 6.99. The summed E-state index contributed by atoms with van der Waals surface area (Å²) in [5.41, 5.74) is 0. The molecule has 0 unspecified atom stereocenters. The van der Waals surface area contributed by atoms with Gasteiger partial charge >= 0.3 is 23.1 Å². The topological polar surface area (TPSA) is 18.5 Å². The van der Waals surface area contributed by atoms with Gasteiger partial charge in [-0.1, -0.05) is 26.7 Å². The summed E-state index contributed by atoms with van der Waals surface area (Å²) in [7, 11) is 1.16. The van der Waals surface area contributed by atoms with Crippen molar-refractivity contribution in [3.63, 3.8) is 0 Å². The molecular weight excluding hydrogens is 275 g/mol. The molecule has 0 saturated heterocycles. The largest absolute Gasteiger partial charge is 2.00 e. The van der Waals surface area contributed by atoms with E-state index in [2.05, 4.69) is 13.8 Å². The van der Waals surface area contributed by atoms with Crippen molar-refractivity contribution in [3.05, 3.63) is 0 Å². The fraction of sp³-hybridized carbons (Fsp3) is 1.00. The number of rotatable bonds is 9. The molecule has 0 rings (SSSR count). The molecule has 0 aromatic heterocycles. The van der Waals surface area contributed by atoms with Gasteiger partial charge in [-0.2, -0.15) is 0 Å². The smallest absolute Gasteiger partial charge is 1.00 e. The Kier molecular flexibility index (Phi) is 35.5. The minimum Gasteiger partial charge on any atom is -1.00 e. The quantitative estimate of drug-likeness (QED) is 0.242. The minimum atomic E-state index is 0. The average Bonchev–Trinajstić information content (AvgIpc) is 2.16. The number of hydrogen-bond acceptors (Lipinski definition) is 2. The molecule has 16 heavy (non-hydrogen) atoms. The molecule has 6 heteroatoms. The Morgan fingerprint density at radius 3 is 1.56 bits per heavy atom. The van der Waals surface area contributed by atoms with Crippen molar-refractivity contribution in [2.45, 2.75) is 51.9 Å². The zero-order chi connectivity index (χ0) is 9.94. The predicted molar refractivity (Wildman–Crippen MR) is 66.0 cm³/mol. The summed E-state index contributed by atoms with van der Waals surface area (Å²) in [5, 5.41) is 0. The van der Waals surface area contributed by atoms with Crippen LogP contribution in [0.2, 0.25) is 6.04 Å². The van der Waals surface area contributed by atoms with Crippen LogP contribution in [0, 0.1) is 0 Å². The van der Waals surface area contributed by atoms with Crippen molar-refractivity contribution in [3.8, 4) is 0 Å². The second-order valence-electron chi connectivity index (χ2n) is 3.29. The summed E-state index contributed by atoms with van der Waals surface area (Å²) in [4.78, 5) is 0. The Labute approximate surface area is 132 Å². The van der Waals surface area contributed by atoms with Crippen LogP contribution < -0.4 is 24.8 Å². The Balaban J connectivity index is -0.000000240. The zero-order valence-corrected chi connectivity index (χ0v) is 15.7. The van der Waals surface area contributed by atoms with Gasteiger partial charge in [0.15, 0.2) is 6.29 Å². The van der Waals surface area contributed by atoms with Crippen LogP contribution in [-0.4, -0.2) is 52.8 Å². The van der Waals surface area contributed by atoms with Gasteiger partial charge in [-0.25, -0.2) is 0 Å². The first kappa shape index (κ1) is 26.1. The molecule has 0 heterocycles. The summed E-state index contributed by atoms with van der Waals surface area (Å²) < 4.78 is 11.2. The molecule has 0 aromatic rings. The molecule has 0 radical (unpaired) electrons. The zero-order valence-electron chi connectivity index (χ0n) is 10.8. The Bertz CT molecular complexity index is 103. The molecule has 0 aliphatic carbocycles. The van der Waals surface area contributed by atoms with Gasteiger partial charge in [-0.15, -0.1) is 0 Å². The maximum atomic E-state index is 5.59. The molecule has 0 spiro atoms. The van der Waals surface area contributed by atoms with Crippen LogP contribution in [0.5, 0.6) is 0 Å². The fourth-order valence-corrected chi connectivity index (χ4v) is 1.47. The standard InChI is InChI=1S/C10H24O2Si.2ClH.Mg/c1-3-5-7-11-10(9-13)12-8-6-4-2;;;/h10H,3-9H2,1-2,13H3;2*1H;/q;;;+2/p-2. The van der Waals surface area contributed by atoms with Gasteiger partial charge in [0.25, 0.3) is 0 Å². The van der Waals surface area contributed by atoms with Crippen molar-refractivity contribution in [1.29, 1.82) is 0 Å². The van der Waals surface area contributed by atoms with E-state index in [1.807, 2.05) is 0 Å². The summed E-state index contributed by atoms with van der Waals surface area (Å²) >= 11 is 0. The van der Waals surface area contributed by atoms with Crippen LogP contribution >= 0.6 is 0 Å². The molecule has 96 valence electrons. The van der Waals surface area contributed by atoms with E-state index in [9.17, 15) is 0 Å².